The molecule has 0 aliphatic carbocycles. The second-order valence-electron chi connectivity index (χ2n) is 25.3. The second-order valence-corrected chi connectivity index (χ2v) is 25.3. The summed E-state index contributed by atoms with van der Waals surface area (Å²) in [6, 6.07) is -0.997. The van der Waals surface area contributed by atoms with Crippen molar-refractivity contribution in [3.63, 3.8) is 0 Å². The lowest BCUT2D eigenvalue weighted by Crippen LogP contribution is -2.66. The molecule has 17 unspecified atom stereocenters. The summed E-state index contributed by atoms with van der Waals surface area (Å²) in [5.74, 6) is -0.295. The highest BCUT2D eigenvalue weighted by Gasteiger charge is 2.53. The number of amides is 1. The smallest absolute Gasteiger partial charge is 0.220 e. The Morgan fingerprint density at radius 1 is 0.385 bits per heavy atom. The quantitative estimate of drug-likeness (QED) is 0.0199. The molecular weight excluding hydrogens is 1230 g/mol. The number of carbonyl (C=O) groups excluding carboxylic acids is 1. The third kappa shape index (κ3) is 37.4. The van der Waals surface area contributed by atoms with Gasteiger partial charge < -0.3 is 89.9 Å². The van der Waals surface area contributed by atoms with E-state index in [1.54, 1.807) is 6.08 Å². The van der Waals surface area contributed by atoms with Crippen molar-refractivity contribution in [2.45, 2.75) is 317 Å². The van der Waals surface area contributed by atoms with Crippen molar-refractivity contribution >= 4 is 5.91 Å². The molecule has 3 heterocycles. The van der Waals surface area contributed by atoms with Crippen LogP contribution in [0.5, 0.6) is 0 Å². The summed E-state index contributed by atoms with van der Waals surface area (Å²) in [5, 5.41) is 120. The summed E-state index contributed by atoms with van der Waals surface area (Å²) in [6.45, 7) is 1.52. The number of unbranched alkanes of at least 4 members (excludes halogenated alkanes) is 18. The number of carbonyl (C=O) groups is 1. The number of hydrogen-bond donors (Lipinski definition) is 12. The summed E-state index contributed by atoms with van der Waals surface area (Å²) in [5.41, 5.74) is 0. The highest BCUT2D eigenvalue weighted by Crippen LogP contribution is 2.33. The first-order chi connectivity index (χ1) is 46.8. The van der Waals surface area contributed by atoms with Crippen molar-refractivity contribution in [3.05, 3.63) is 134 Å². The van der Waals surface area contributed by atoms with Gasteiger partial charge in [-0.05, 0) is 103 Å². The van der Waals surface area contributed by atoms with E-state index in [0.717, 1.165) is 109 Å². The third-order valence-corrected chi connectivity index (χ3v) is 17.2. The monoisotopic (exact) mass is 1350 g/mol. The maximum Gasteiger partial charge on any atom is 0.220 e. The van der Waals surface area contributed by atoms with Crippen molar-refractivity contribution in [1.82, 2.24) is 5.32 Å². The van der Waals surface area contributed by atoms with Gasteiger partial charge in [0.1, 0.15) is 73.2 Å². The van der Waals surface area contributed by atoms with E-state index >= 15 is 0 Å². The molecule has 3 rings (SSSR count). The van der Waals surface area contributed by atoms with Gasteiger partial charge in [-0.3, -0.25) is 4.79 Å². The lowest BCUT2D eigenvalue weighted by atomic mass is 9.96. The van der Waals surface area contributed by atoms with Gasteiger partial charge in [-0.25, -0.2) is 0 Å². The van der Waals surface area contributed by atoms with Crippen molar-refractivity contribution in [2.24, 2.45) is 0 Å². The van der Waals surface area contributed by atoms with Gasteiger partial charge in [-0.1, -0.05) is 237 Å². The van der Waals surface area contributed by atoms with Crippen LogP contribution in [0, 0.1) is 0 Å². The van der Waals surface area contributed by atoms with Gasteiger partial charge in [-0.15, -0.1) is 0 Å². The molecule has 3 saturated heterocycles. The van der Waals surface area contributed by atoms with E-state index in [4.69, 9.17) is 28.4 Å². The molecule has 3 aliphatic rings. The van der Waals surface area contributed by atoms with Crippen LogP contribution in [0.15, 0.2) is 134 Å². The normalized spacial score (nSPS) is 27.9. The zero-order chi connectivity index (χ0) is 69.6. The SMILES string of the molecule is CC/C=C\C/C=C\C/C=C\C/C=C\C/C=C\C/C=C\C/C=C\C/C=C\C/C=C\CCCCCCCCCCCCCCCC(=O)NC(COC1OC(CO)C(OC2OC(CO)C(OC3OC(CO)C(O)C(O)C3O)C(O)C2O)C(O)C1O)C(O)/C=C/CC/C=C/CCCCCC. The molecular formula is C77H127NO18. The van der Waals surface area contributed by atoms with Crippen LogP contribution in [0.3, 0.4) is 0 Å². The third-order valence-electron chi connectivity index (χ3n) is 17.2. The Morgan fingerprint density at radius 2 is 0.729 bits per heavy atom. The molecule has 0 radical (unpaired) electrons. The Bertz CT molecular complexity index is 2260. The highest BCUT2D eigenvalue weighted by molar-refractivity contribution is 5.76. The Kier molecular flexibility index (Phi) is 50.8. The average Bonchev–Trinajstić information content (AvgIpc) is 0.849. The van der Waals surface area contributed by atoms with E-state index in [2.05, 4.69) is 141 Å². The lowest BCUT2D eigenvalue weighted by molar-refractivity contribution is -0.379. The largest absolute Gasteiger partial charge is 0.394 e. The zero-order valence-electron chi connectivity index (χ0n) is 58.0. The van der Waals surface area contributed by atoms with Gasteiger partial charge in [0, 0.05) is 6.42 Å². The fourth-order valence-corrected chi connectivity index (χ4v) is 11.3. The van der Waals surface area contributed by atoms with Gasteiger partial charge in [0.15, 0.2) is 18.9 Å². The average molecular weight is 1350 g/mol. The van der Waals surface area contributed by atoms with Crippen LogP contribution in [-0.4, -0.2) is 193 Å². The second kappa shape index (κ2) is 56.7. The summed E-state index contributed by atoms with van der Waals surface area (Å²) < 4.78 is 34.2. The summed E-state index contributed by atoms with van der Waals surface area (Å²) in [4.78, 5) is 13.4. The van der Waals surface area contributed by atoms with Crippen LogP contribution in [0.4, 0.5) is 0 Å². The number of aliphatic hydroxyl groups is 11. The minimum atomic E-state index is -1.99. The number of nitrogens with one attached hydrogen (secondary N) is 1. The predicted octanol–water partition coefficient (Wildman–Crippen LogP) is 10.5. The van der Waals surface area contributed by atoms with E-state index in [9.17, 15) is 61.0 Å². The van der Waals surface area contributed by atoms with Crippen molar-refractivity contribution in [3.8, 4) is 0 Å². The molecule has 19 heteroatoms. The molecule has 19 nitrogen and oxygen atoms in total. The number of rotatable bonds is 54. The first kappa shape index (κ1) is 86.2. The van der Waals surface area contributed by atoms with E-state index in [0.29, 0.717) is 12.8 Å². The van der Waals surface area contributed by atoms with Crippen LogP contribution in [0.25, 0.3) is 0 Å². The molecule has 0 saturated carbocycles. The molecule has 3 fully saturated rings. The molecule has 0 bridgehead atoms. The fourth-order valence-electron chi connectivity index (χ4n) is 11.3. The van der Waals surface area contributed by atoms with Gasteiger partial charge >= 0.3 is 0 Å². The summed E-state index contributed by atoms with van der Waals surface area (Å²) in [7, 11) is 0. The van der Waals surface area contributed by atoms with Crippen molar-refractivity contribution in [1.29, 1.82) is 0 Å². The molecule has 0 aromatic heterocycles. The first-order valence-electron chi connectivity index (χ1n) is 36.4. The van der Waals surface area contributed by atoms with Gasteiger partial charge in [0.25, 0.3) is 0 Å². The maximum atomic E-state index is 13.4. The highest BCUT2D eigenvalue weighted by atomic mass is 16.8. The maximum absolute atomic E-state index is 13.4. The van der Waals surface area contributed by atoms with E-state index in [1.165, 1.54) is 70.6 Å². The number of allylic oxidation sites excluding steroid dienone is 21. The number of aliphatic hydroxyl groups excluding tert-OH is 11. The molecule has 1 amide bonds. The fraction of sp³-hybridized carbons (Fsp3) is 0.701. The number of hydrogen-bond acceptors (Lipinski definition) is 18. The van der Waals surface area contributed by atoms with E-state index < -0.39 is 124 Å². The van der Waals surface area contributed by atoms with Gasteiger partial charge in [0.2, 0.25) is 5.91 Å². The van der Waals surface area contributed by atoms with Gasteiger partial charge in [-0.2, -0.15) is 0 Å². The molecule has 0 aromatic rings. The molecule has 0 aromatic carbocycles. The Hall–Kier alpha value is -4.07. The minimum Gasteiger partial charge on any atom is -0.394 e. The van der Waals surface area contributed by atoms with Crippen LogP contribution in [0.1, 0.15) is 213 Å². The molecule has 96 heavy (non-hydrogen) atoms. The summed E-state index contributed by atoms with van der Waals surface area (Å²) in [6.07, 6.45) is 53.3. The molecule has 548 valence electrons. The molecule has 3 aliphatic heterocycles. The molecule has 12 N–H and O–H groups in total. The summed E-state index contributed by atoms with van der Waals surface area (Å²) >= 11 is 0. The standard InChI is InChI=1S/C77H127NO18/c1-3-5-7-9-11-13-15-16-17-18-19-20-21-22-23-24-25-26-27-28-29-30-31-32-33-34-35-36-37-38-39-40-41-42-43-44-45-47-49-51-53-55-65(83)78-60(61(82)54-52-50-48-46-14-12-10-8-6-4-2)59-91-75-71(89)68(86)73(63(57-80)93-75)96-77-72(90)69(87)74(64(58-81)94-77)95-76-70(88)67(85)66(84)62(56-79)92-76/h5,7,11,13-14,16-17,19-20,22-23,25-26,28-29,31-32,34-35,46,52,54,60-64,66-77,79-82,84-90H,3-4,6,8-10,12,15,18,21,24,27,30,33,36-45,47-51,53,55-59H2,1-2H3,(H,78,83)/b7-5-,13-11-,17-16-,20-19-,23-22-,26-25-,29-28-,32-31-,35-34-,46-14+,54-52+. The van der Waals surface area contributed by atoms with Gasteiger partial charge in [0.05, 0.1) is 38.6 Å². The predicted molar refractivity (Wildman–Crippen MR) is 378 cm³/mol. The van der Waals surface area contributed by atoms with E-state index in [-0.39, 0.29) is 18.9 Å². The first-order valence-corrected chi connectivity index (χ1v) is 36.4. The minimum absolute atomic E-state index is 0.226. The van der Waals surface area contributed by atoms with Crippen molar-refractivity contribution in [2.75, 3.05) is 26.4 Å². The Labute approximate surface area is 575 Å². The molecule has 0 spiro atoms. The molecule has 17 atom stereocenters. The van der Waals surface area contributed by atoms with Crippen molar-refractivity contribution < 1.29 is 89.4 Å². The van der Waals surface area contributed by atoms with Crippen LogP contribution in [0.2, 0.25) is 0 Å². The number of ether oxygens (including phenoxy) is 6. The van der Waals surface area contributed by atoms with Crippen LogP contribution < -0.4 is 5.32 Å². The topological polar surface area (TPSA) is 307 Å². The van der Waals surface area contributed by atoms with Crippen LogP contribution in [-0.2, 0) is 33.2 Å². The Balaban J connectivity index is 1.29. The van der Waals surface area contributed by atoms with Crippen LogP contribution >= 0.6 is 0 Å². The van der Waals surface area contributed by atoms with E-state index in [1.807, 2.05) is 6.08 Å². The zero-order valence-corrected chi connectivity index (χ0v) is 58.0. The Morgan fingerprint density at radius 3 is 1.17 bits per heavy atom. The lowest BCUT2D eigenvalue weighted by Gasteiger charge is -2.48.